The summed E-state index contributed by atoms with van der Waals surface area (Å²) in [5, 5.41) is 9.08. The predicted octanol–water partition coefficient (Wildman–Crippen LogP) is 1.34. The van der Waals surface area contributed by atoms with E-state index in [1.165, 1.54) is 0 Å². The van der Waals surface area contributed by atoms with Crippen molar-refractivity contribution in [2.45, 2.75) is 40.2 Å². The Morgan fingerprint density at radius 1 is 1.39 bits per heavy atom. The van der Waals surface area contributed by atoms with Crippen molar-refractivity contribution in [3.05, 3.63) is 0 Å². The van der Waals surface area contributed by atoms with Crippen LogP contribution >= 0.6 is 24.0 Å². The summed E-state index contributed by atoms with van der Waals surface area (Å²) in [7, 11) is 3.38. The van der Waals surface area contributed by atoms with Crippen molar-refractivity contribution >= 4 is 35.8 Å². The molecule has 5 nitrogen and oxygen atoms in total. The van der Waals surface area contributed by atoms with Gasteiger partial charge in [0.05, 0.1) is 5.41 Å². The standard InChI is InChI=1S/C12H26N4O.HI/c1-7-9(2)16-11(14-6)15-8-12(3,4)10(17)13-5;/h9H,7-8H2,1-6H3,(H,13,17)(H2,14,15,16);1H. The van der Waals surface area contributed by atoms with Gasteiger partial charge in [-0.1, -0.05) is 6.92 Å². The van der Waals surface area contributed by atoms with Gasteiger partial charge >= 0.3 is 0 Å². The Bertz CT molecular complexity index is 279. The molecule has 0 saturated heterocycles. The second-order valence-electron chi connectivity index (χ2n) is 4.84. The van der Waals surface area contributed by atoms with Crippen molar-refractivity contribution in [3.8, 4) is 0 Å². The molecule has 0 aromatic carbocycles. The second kappa shape index (κ2) is 9.41. The van der Waals surface area contributed by atoms with E-state index in [0.717, 1.165) is 12.4 Å². The first-order valence-electron chi connectivity index (χ1n) is 6.06. The highest BCUT2D eigenvalue weighted by atomic mass is 127. The van der Waals surface area contributed by atoms with Gasteiger partial charge in [0, 0.05) is 26.7 Å². The number of nitrogens with one attached hydrogen (secondary N) is 3. The summed E-state index contributed by atoms with van der Waals surface area (Å²) in [6.45, 7) is 8.55. The molecule has 6 heteroatoms. The molecule has 0 spiro atoms. The van der Waals surface area contributed by atoms with Crippen LogP contribution in [0.4, 0.5) is 0 Å². The number of carbonyl (C=O) groups is 1. The molecule has 1 amide bonds. The average Bonchev–Trinajstić information content (AvgIpc) is 2.32. The molecule has 3 N–H and O–H groups in total. The number of carbonyl (C=O) groups excluding carboxylic acids is 1. The van der Waals surface area contributed by atoms with Gasteiger partial charge in [-0.3, -0.25) is 9.79 Å². The zero-order valence-corrected chi connectivity index (χ0v) is 14.6. The minimum Gasteiger partial charge on any atom is -0.359 e. The highest BCUT2D eigenvalue weighted by molar-refractivity contribution is 14.0. The zero-order chi connectivity index (χ0) is 13.5. The molecule has 18 heavy (non-hydrogen) atoms. The van der Waals surface area contributed by atoms with E-state index in [1.54, 1.807) is 14.1 Å². The summed E-state index contributed by atoms with van der Waals surface area (Å²) in [6, 6.07) is 0.365. The Kier molecular flexibility index (Phi) is 10.3. The minimum atomic E-state index is -0.457. The SMILES string of the molecule is CCC(C)NC(=NC)NCC(C)(C)C(=O)NC.I. The van der Waals surface area contributed by atoms with E-state index in [1.807, 2.05) is 13.8 Å². The number of nitrogens with zero attached hydrogens (tertiary/aromatic N) is 1. The van der Waals surface area contributed by atoms with Crippen molar-refractivity contribution in [1.82, 2.24) is 16.0 Å². The van der Waals surface area contributed by atoms with E-state index in [2.05, 4.69) is 34.8 Å². The molecule has 1 unspecified atom stereocenters. The summed E-state index contributed by atoms with van der Waals surface area (Å²) >= 11 is 0. The number of amides is 1. The van der Waals surface area contributed by atoms with Crippen LogP contribution in [0.2, 0.25) is 0 Å². The molecule has 0 aliphatic rings. The van der Waals surface area contributed by atoms with E-state index in [9.17, 15) is 4.79 Å². The van der Waals surface area contributed by atoms with Crippen LogP contribution in [-0.4, -0.2) is 38.5 Å². The van der Waals surface area contributed by atoms with Crippen molar-refractivity contribution in [1.29, 1.82) is 0 Å². The van der Waals surface area contributed by atoms with Gasteiger partial charge in [0.1, 0.15) is 0 Å². The maximum absolute atomic E-state index is 11.6. The smallest absolute Gasteiger partial charge is 0.227 e. The zero-order valence-electron chi connectivity index (χ0n) is 12.3. The lowest BCUT2D eigenvalue weighted by molar-refractivity contribution is -0.128. The summed E-state index contributed by atoms with van der Waals surface area (Å²) in [4.78, 5) is 15.7. The largest absolute Gasteiger partial charge is 0.359 e. The van der Waals surface area contributed by atoms with Crippen LogP contribution in [0.3, 0.4) is 0 Å². The van der Waals surface area contributed by atoms with Crippen LogP contribution in [-0.2, 0) is 4.79 Å². The number of halogens is 1. The summed E-state index contributed by atoms with van der Waals surface area (Å²) in [5.74, 6) is 0.750. The van der Waals surface area contributed by atoms with Gasteiger partial charge in [-0.2, -0.15) is 0 Å². The molecule has 0 bridgehead atoms. The van der Waals surface area contributed by atoms with E-state index < -0.39 is 5.41 Å². The number of hydrogen-bond donors (Lipinski definition) is 3. The number of rotatable bonds is 5. The lowest BCUT2D eigenvalue weighted by atomic mass is 9.92. The molecule has 1 atom stereocenters. The first-order chi connectivity index (χ1) is 7.87. The summed E-state index contributed by atoms with van der Waals surface area (Å²) < 4.78 is 0. The van der Waals surface area contributed by atoms with Crippen LogP contribution < -0.4 is 16.0 Å². The van der Waals surface area contributed by atoms with Crippen LogP contribution in [0.1, 0.15) is 34.1 Å². The molecule has 0 fully saturated rings. The number of aliphatic imine (C=N–C) groups is 1. The molecule has 0 aliphatic heterocycles. The Morgan fingerprint density at radius 3 is 2.33 bits per heavy atom. The maximum atomic E-state index is 11.6. The first-order valence-corrected chi connectivity index (χ1v) is 6.06. The van der Waals surface area contributed by atoms with Gasteiger partial charge in [0.2, 0.25) is 5.91 Å². The van der Waals surface area contributed by atoms with Crippen molar-refractivity contribution in [2.24, 2.45) is 10.4 Å². The molecule has 0 rings (SSSR count). The fourth-order valence-electron chi connectivity index (χ4n) is 1.25. The van der Waals surface area contributed by atoms with Crippen LogP contribution in [0.25, 0.3) is 0 Å². The van der Waals surface area contributed by atoms with Crippen molar-refractivity contribution in [2.75, 3.05) is 20.6 Å². The fraction of sp³-hybridized carbons (Fsp3) is 0.833. The highest BCUT2D eigenvalue weighted by Crippen LogP contribution is 2.12. The van der Waals surface area contributed by atoms with E-state index in [0.29, 0.717) is 12.6 Å². The molecular weight excluding hydrogens is 343 g/mol. The summed E-state index contributed by atoms with van der Waals surface area (Å²) in [6.07, 6.45) is 1.03. The molecule has 0 heterocycles. The first kappa shape index (κ1) is 19.8. The topological polar surface area (TPSA) is 65.5 Å². The number of guanidine groups is 1. The van der Waals surface area contributed by atoms with Gasteiger partial charge in [0.15, 0.2) is 5.96 Å². The van der Waals surface area contributed by atoms with E-state index in [-0.39, 0.29) is 29.9 Å². The van der Waals surface area contributed by atoms with Crippen molar-refractivity contribution in [3.63, 3.8) is 0 Å². The van der Waals surface area contributed by atoms with Crippen LogP contribution in [0.15, 0.2) is 4.99 Å². The molecule has 0 saturated carbocycles. The lowest BCUT2D eigenvalue weighted by Gasteiger charge is -2.25. The Labute approximate surface area is 128 Å². The summed E-state index contributed by atoms with van der Waals surface area (Å²) in [5.41, 5.74) is -0.457. The van der Waals surface area contributed by atoms with Crippen LogP contribution in [0, 0.1) is 5.41 Å². The van der Waals surface area contributed by atoms with Gasteiger partial charge in [-0.25, -0.2) is 0 Å². The maximum Gasteiger partial charge on any atom is 0.227 e. The Balaban J connectivity index is 0. The van der Waals surface area contributed by atoms with E-state index in [4.69, 9.17) is 0 Å². The van der Waals surface area contributed by atoms with E-state index >= 15 is 0 Å². The predicted molar refractivity (Wildman–Crippen MR) is 87.5 cm³/mol. The third kappa shape index (κ3) is 7.03. The molecule has 0 radical (unpaired) electrons. The molecule has 0 aromatic heterocycles. The highest BCUT2D eigenvalue weighted by Gasteiger charge is 2.26. The van der Waals surface area contributed by atoms with Crippen LogP contribution in [0.5, 0.6) is 0 Å². The van der Waals surface area contributed by atoms with Gasteiger partial charge in [0.25, 0.3) is 0 Å². The Hall–Kier alpha value is -0.530. The molecule has 0 aliphatic carbocycles. The number of hydrogen-bond acceptors (Lipinski definition) is 2. The van der Waals surface area contributed by atoms with Gasteiger partial charge in [-0.05, 0) is 27.2 Å². The third-order valence-electron chi connectivity index (χ3n) is 2.76. The average molecular weight is 370 g/mol. The quantitative estimate of drug-likeness (QED) is 0.389. The molecular formula is C12H27IN4O. The van der Waals surface area contributed by atoms with Crippen molar-refractivity contribution < 1.29 is 4.79 Å². The monoisotopic (exact) mass is 370 g/mol. The minimum absolute atomic E-state index is 0. The molecule has 0 aromatic rings. The second-order valence-corrected chi connectivity index (χ2v) is 4.84. The van der Waals surface area contributed by atoms with Gasteiger partial charge in [-0.15, -0.1) is 24.0 Å². The molecule has 108 valence electrons. The van der Waals surface area contributed by atoms with Gasteiger partial charge < -0.3 is 16.0 Å². The fourth-order valence-corrected chi connectivity index (χ4v) is 1.25. The lowest BCUT2D eigenvalue weighted by Crippen LogP contribution is -2.48. The third-order valence-corrected chi connectivity index (χ3v) is 2.76. The Morgan fingerprint density at radius 2 is 1.94 bits per heavy atom. The normalized spacial score (nSPS) is 13.3.